The van der Waals surface area contributed by atoms with Crippen molar-refractivity contribution in [2.45, 2.75) is 13.5 Å². The number of methoxy groups -OCH3 is 1. The van der Waals surface area contributed by atoms with Crippen LogP contribution in [0.5, 0.6) is 5.88 Å². The summed E-state index contributed by atoms with van der Waals surface area (Å²) in [5, 5.41) is 5.27. The molecule has 11 heteroatoms. The zero-order valence-corrected chi connectivity index (χ0v) is 17.7. The second kappa shape index (κ2) is 10.6. The van der Waals surface area contributed by atoms with E-state index in [4.69, 9.17) is 9.47 Å². The van der Waals surface area contributed by atoms with Crippen molar-refractivity contribution in [3.63, 3.8) is 0 Å². The van der Waals surface area contributed by atoms with E-state index in [1.807, 2.05) is 0 Å². The van der Waals surface area contributed by atoms with Crippen LogP contribution in [0, 0.1) is 0 Å². The highest BCUT2D eigenvalue weighted by atomic mass is 32.2. The van der Waals surface area contributed by atoms with Crippen LogP contribution >= 0.6 is 0 Å². The molecular weight excluding hydrogens is 412 g/mol. The van der Waals surface area contributed by atoms with Crippen LogP contribution in [0.15, 0.2) is 36.5 Å². The second-order valence-electron chi connectivity index (χ2n) is 6.34. The first kappa shape index (κ1) is 23.1. The van der Waals surface area contributed by atoms with E-state index in [0.29, 0.717) is 24.8 Å². The largest absolute Gasteiger partial charge is 0.475 e. The number of sulfonamides is 1. The predicted octanol–water partition coefficient (Wildman–Crippen LogP) is 1.37. The van der Waals surface area contributed by atoms with E-state index < -0.39 is 15.9 Å². The van der Waals surface area contributed by atoms with Gasteiger partial charge in [-0.1, -0.05) is 6.07 Å². The fourth-order valence-electron chi connectivity index (χ4n) is 2.41. The molecule has 0 spiro atoms. The van der Waals surface area contributed by atoms with Gasteiger partial charge in [0.1, 0.15) is 6.61 Å². The van der Waals surface area contributed by atoms with Gasteiger partial charge in [0.25, 0.3) is 5.91 Å². The van der Waals surface area contributed by atoms with Gasteiger partial charge in [-0.3, -0.25) is 14.3 Å². The van der Waals surface area contributed by atoms with Gasteiger partial charge in [-0.25, -0.2) is 13.4 Å². The minimum absolute atomic E-state index is 0.0687. The average Bonchev–Trinajstić information content (AvgIpc) is 2.67. The summed E-state index contributed by atoms with van der Waals surface area (Å²) >= 11 is 0. The molecule has 10 nitrogen and oxygen atoms in total. The Morgan fingerprint density at radius 3 is 2.50 bits per heavy atom. The Morgan fingerprint density at radius 2 is 1.90 bits per heavy atom. The van der Waals surface area contributed by atoms with E-state index in [1.54, 1.807) is 25.4 Å². The molecule has 30 heavy (non-hydrogen) atoms. The SMILES string of the molecule is COCCOc1ccc(CNC(=O)c2cc(NC(C)=O)ccc2NS(C)(=O)=O)cn1. The summed E-state index contributed by atoms with van der Waals surface area (Å²) in [6, 6.07) is 7.73. The zero-order chi connectivity index (χ0) is 22.1. The topological polar surface area (TPSA) is 136 Å². The maximum Gasteiger partial charge on any atom is 0.253 e. The molecule has 3 N–H and O–H groups in total. The first-order valence-electron chi connectivity index (χ1n) is 8.92. The number of pyridine rings is 1. The maximum atomic E-state index is 12.7. The van der Waals surface area contributed by atoms with Gasteiger partial charge in [0.05, 0.1) is 24.1 Å². The van der Waals surface area contributed by atoms with Gasteiger partial charge in [0, 0.05) is 38.5 Å². The number of hydrogen-bond donors (Lipinski definition) is 3. The number of amides is 2. The van der Waals surface area contributed by atoms with E-state index in [-0.39, 0.29) is 23.7 Å². The quantitative estimate of drug-likeness (QED) is 0.479. The first-order valence-corrected chi connectivity index (χ1v) is 10.8. The van der Waals surface area contributed by atoms with Gasteiger partial charge in [-0.15, -0.1) is 0 Å². The van der Waals surface area contributed by atoms with Crippen LogP contribution in [0.3, 0.4) is 0 Å². The van der Waals surface area contributed by atoms with Crippen molar-refractivity contribution in [2.75, 3.05) is 36.6 Å². The standard InChI is InChI=1S/C19H24N4O6S/c1-13(24)22-15-5-6-17(23-30(3,26)27)16(10-15)19(25)21-12-14-4-7-18(20-11-14)29-9-8-28-2/h4-7,10-11,23H,8-9,12H2,1-3H3,(H,21,25)(H,22,24). The van der Waals surface area contributed by atoms with Gasteiger partial charge >= 0.3 is 0 Å². The normalized spacial score (nSPS) is 10.9. The molecule has 0 aliphatic carbocycles. The van der Waals surface area contributed by atoms with Crippen LogP contribution in [-0.4, -0.2) is 51.8 Å². The lowest BCUT2D eigenvalue weighted by Crippen LogP contribution is -2.25. The molecule has 2 aromatic rings. The van der Waals surface area contributed by atoms with Gasteiger partial charge in [-0.2, -0.15) is 0 Å². The molecule has 2 rings (SSSR count). The molecule has 0 saturated carbocycles. The Hall–Kier alpha value is -3.18. The molecule has 1 aromatic heterocycles. The summed E-state index contributed by atoms with van der Waals surface area (Å²) in [5.41, 5.74) is 1.26. The monoisotopic (exact) mass is 436 g/mol. The molecule has 0 fully saturated rings. The Labute approximate surface area is 175 Å². The van der Waals surface area contributed by atoms with E-state index in [1.165, 1.54) is 25.1 Å². The lowest BCUT2D eigenvalue weighted by atomic mass is 10.1. The highest BCUT2D eigenvalue weighted by Gasteiger charge is 2.15. The Balaban J connectivity index is 2.11. The molecule has 0 unspecified atom stereocenters. The molecule has 162 valence electrons. The molecule has 0 atom stereocenters. The van der Waals surface area contributed by atoms with Crippen molar-refractivity contribution in [3.8, 4) is 5.88 Å². The minimum atomic E-state index is -3.60. The molecule has 0 aliphatic heterocycles. The number of carbonyl (C=O) groups is 2. The number of nitrogens with one attached hydrogen (secondary N) is 3. The number of rotatable bonds is 10. The van der Waals surface area contributed by atoms with Crippen molar-refractivity contribution in [1.29, 1.82) is 0 Å². The van der Waals surface area contributed by atoms with Crippen molar-refractivity contribution < 1.29 is 27.5 Å². The summed E-state index contributed by atoms with van der Waals surface area (Å²) in [7, 11) is -2.03. The molecule has 0 radical (unpaired) electrons. The summed E-state index contributed by atoms with van der Waals surface area (Å²) < 4.78 is 35.8. The van der Waals surface area contributed by atoms with E-state index in [9.17, 15) is 18.0 Å². The lowest BCUT2D eigenvalue weighted by Gasteiger charge is -2.13. The van der Waals surface area contributed by atoms with E-state index in [2.05, 4.69) is 20.3 Å². The number of nitrogens with zero attached hydrogens (tertiary/aromatic N) is 1. The van der Waals surface area contributed by atoms with E-state index in [0.717, 1.165) is 11.8 Å². The molecule has 0 aliphatic rings. The molecular formula is C19H24N4O6S. The number of aromatic nitrogens is 1. The molecule has 1 aromatic carbocycles. The lowest BCUT2D eigenvalue weighted by molar-refractivity contribution is -0.114. The Bertz CT molecular complexity index is 993. The van der Waals surface area contributed by atoms with Crippen LogP contribution in [0.1, 0.15) is 22.8 Å². The fraction of sp³-hybridized carbons (Fsp3) is 0.316. The number of benzene rings is 1. The van der Waals surface area contributed by atoms with E-state index >= 15 is 0 Å². The van der Waals surface area contributed by atoms with Gasteiger partial charge in [0.2, 0.25) is 21.8 Å². The summed E-state index contributed by atoms with van der Waals surface area (Å²) in [6.07, 6.45) is 2.55. The van der Waals surface area contributed by atoms with Crippen LogP contribution in [0.4, 0.5) is 11.4 Å². The minimum Gasteiger partial charge on any atom is -0.475 e. The van der Waals surface area contributed by atoms with Crippen LogP contribution in [0.2, 0.25) is 0 Å². The summed E-state index contributed by atoms with van der Waals surface area (Å²) in [6.45, 7) is 2.31. The van der Waals surface area contributed by atoms with Crippen molar-refractivity contribution in [2.24, 2.45) is 0 Å². The smallest absolute Gasteiger partial charge is 0.253 e. The Kier molecular flexibility index (Phi) is 8.13. The van der Waals surface area contributed by atoms with Crippen LogP contribution < -0.4 is 20.1 Å². The third-order valence-corrected chi connectivity index (χ3v) is 4.26. The number of ether oxygens (including phenoxy) is 2. The van der Waals surface area contributed by atoms with Gasteiger partial charge in [-0.05, 0) is 23.8 Å². The number of hydrogen-bond acceptors (Lipinski definition) is 7. The number of anilines is 2. The molecule has 2 amide bonds. The zero-order valence-electron chi connectivity index (χ0n) is 16.9. The van der Waals surface area contributed by atoms with Gasteiger partial charge in [0.15, 0.2) is 0 Å². The predicted molar refractivity (Wildman–Crippen MR) is 112 cm³/mol. The van der Waals surface area contributed by atoms with Crippen LogP contribution in [0.25, 0.3) is 0 Å². The number of carbonyl (C=O) groups excluding carboxylic acids is 2. The third-order valence-electron chi connectivity index (χ3n) is 3.67. The average molecular weight is 436 g/mol. The second-order valence-corrected chi connectivity index (χ2v) is 8.09. The highest BCUT2D eigenvalue weighted by Crippen LogP contribution is 2.22. The van der Waals surface area contributed by atoms with Crippen molar-refractivity contribution in [3.05, 3.63) is 47.7 Å². The first-order chi connectivity index (χ1) is 14.2. The Morgan fingerprint density at radius 1 is 1.13 bits per heavy atom. The molecule has 1 heterocycles. The highest BCUT2D eigenvalue weighted by molar-refractivity contribution is 7.92. The van der Waals surface area contributed by atoms with Crippen molar-refractivity contribution >= 4 is 33.2 Å². The van der Waals surface area contributed by atoms with Crippen LogP contribution in [-0.2, 0) is 26.1 Å². The van der Waals surface area contributed by atoms with Gasteiger partial charge < -0.3 is 20.1 Å². The summed E-state index contributed by atoms with van der Waals surface area (Å²) in [4.78, 5) is 28.1. The molecule has 0 saturated heterocycles. The molecule has 0 bridgehead atoms. The van der Waals surface area contributed by atoms with Crippen molar-refractivity contribution in [1.82, 2.24) is 10.3 Å². The fourth-order valence-corrected chi connectivity index (χ4v) is 2.99. The maximum absolute atomic E-state index is 12.7. The summed E-state index contributed by atoms with van der Waals surface area (Å²) in [5.74, 6) is -0.400. The third kappa shape index (κ3) is 7.68.